The highest BCUT2D eigenvalue weighted by molar-refractivity contribution is 5.94. The number of hydrogen-bond acceptors (Lipinski definition) is 4. The molecule has 0 saturated heterocycles. The molecule has 104 valence electrons. The average Bonchev–Trinajstić information content (AvgIpc) is 2.42. The molecule has 0 fully saturated rings. The van der Waals surface area contributed by atoms with Crippen molar-refractivity contribution in [2.75, 3.05) is 7.05 Å². The van der Waals surface area contributed by atoms with Crippen molar-refractivity contribution in [3.05, 3.63) is 59.4 Å². The van der Waals surface area contributed by atoms with Gasteiger partial charge in [0, 0.05) is 36.6 Å². The predicted molar refractivity (Wildman–Crippen MR) is 77.5 cm³/mol. The Kier molecular flexibility index (Phi) is 4.48. The number of aromatic nitrogens is 1. The van der Waals surface area contributed by atoms with E-state index in [9.17, 15) is 9.90 Å². The van der Waals surface area contributed by atoms with Crippen LogP contribution in [0.5, 0.6) is 5.75 Å². The maximum absolute atomic E-state index is 11.4. The maximum Gasteiger partial charge on any atom is 0.159 e. The average molecular weight is 270 g/mol. The van der Waals surface area contributed by atoms with Crippen molar-refractivity contribution in [2.24, 2.45) is 0 Å². The normalized spacial score (nSPS) is 10.8. The van der Waals surface area contributed by atoms with Gasteiger partial charge in [-0.2, -0.15) is 0 Å². The maximum atomic E-state index is 11.4. The molecule has 1 heterocycles. The van der Waals surface area contributed by atoms with Crippen molar-refractivity contribution in [2.45, 2.75) is 20.0 Å². The van der Waals surface area contributed by atoms with E-state index in [1.165, 1.54) is 6.92 Å². The second-order valence-electron chi connectivity index (χ2n) is 4.93. The van der Waals surface area contributed by atoms with Gasteiger partial charge in [0.25, 0.3) is 0 Å². The number of carbonyl (C=O) groups is 1. The number of phenolic OH excluding ortho intramolecular Hbond substituents is 1. The molecular weight excluding hydrogens is 252 g/mol. The minimum atomic E-state index is 0.00108. The number of hydrogen-bond donors (Lipinski definition) is 1. The smallest absolute Gasteiger partial charge is 0.159 e. The van der Waals surface area contributed by atoms with Crippen LogP contribution in [0.15, 0.2) is 42.7 Å². The summed E-state index contributed by atoms with van der Waals surface area (Å²) in [6.45, 7) is 2.83. The number of pyridine rings is 1. The molecule has 0 spiro atoms. The molecule has 20 heavy (non-hydrogen) atoms. The largest absolute Gasteiger partial charge is 0.508 e. The van der Waals surface area contributed by atoms with E-state index in [0.717, 1.165) is 17.7 Å². The van der Waals surface area contributed by atoms with E-state index in [2.05, 4.69) is 9.88 Å². The van der Waals surface area contributed by atoms with Gasteiger partial charge in [-0.25, -0.2) is 0 Å². The topological polar surface area (TPSA) is 53.4 Å². The number of Topliss-reactive ketones (excluding diaryl/α,β-unsaturated/α-hetero) is 1. The van der Waals surface area contributed by atoms with Crippen LogP contribution in [0.1, 0.15) is 28.4 Å². The number of rotatable bonds is 5. The Morgan fingerprint density at radius 1 is 1.30 bits per heavy atom. The monoisotopic (exact) mass is 270 g/mol. The van der Waals surface area contributed by atoms with Crippen molar-refractivity contribution in [1.29, 1.82) is 0 Å². The van der Waals surface area contributed by atoms with Crippen molar-refractivity contribution in [3.63, 3.8) is 0 Å². The lowest BCUT2D eigenvalue weighted by atomic mass is 10.1. The van der Waals surface area contributed by atoms with Crippen LogP contribution >= 0.6 is 0 Å². The molecule has 1 aromatic heterocycles. The Bertz CT molecular complexity index is 597. The van der Waals surface area contributed by atoms with Gasteiger partial charge >= 0.3 is 0 Å². The summed E-state index contributed by atoms with van der Waals surface area (Å²) in [5, 5.41) is 9.88. The van der Waals surface area contributed by atoms with Gasteiger partial charge < -0.3 is 5.11 Å². The third-order valence-corrected chi connectivity index (χ3v) is 3.10. The molecule has 4 nitrogen and oxygen atoms in total. The van der Waals surface area contributed by atoms with Gasteiger partial charge in [0.05, 0.1) is 0 Å². The molecule has 0 bridgehead atoms. The number of carbonyl (C=O) groups excluding carboxylic acids is 1. The highest BCUT2D eigenvalue weighted by Crippen LogP contribution is 2.21. The number of benzene rings is 1. The van der Waals surface area contributed by atoms with Gasteiger partial charge in [0.15, 0.2) is 5.78 Å². The first-order valence-electron chi connectivity index (χ1n) is 6.46. The predicted octanol–water partition coefficient (Wildman–Crippen LogP) is 2.62. The molecule has 0 aliphatic heterocycles. The molecule has 1 N–H and O–H groups in total. The fourth-order valence-corrected chi connectivity index (χ4v) is 2.08. The molecule has 0 saturated carbocycles. The van der Waals surface area contributed by atoms with Crippen molar-refractivity contribution in [3.8, 4) is 5.75 Å². The van der Waals surface area contributed by atoms with Gasteiger partial charge in [0.2, 0.25) is 0 Å². The Hall–Kier alpha value is -2.20. The van der Waals surface area contributed by atoms with Gasteiger partial charge in [-0.3, -0.25) is 14.7 Å². The van der Waals surface area contributed by atoms with Gasteiger partial charge in [-0.05, 0) is 43.8 Å². The fraction of sp³-hybridized carbons (Fsp3) is 0.250. The zero-order valence-corrected chi connectivity index (χ0v) is 11.7. The van der Waals surface area contributed by atoms with Crippen molar-refractivity contribution >= 4 is 5.78 Å². The summed E-state index contributed by atoms with van der Waals surface area (Å²) in [5.41, 5.74) is 2.48. The van der Waals surface area contributed by atoms with Crippen LogP contribution in [-0.4, -0.2) is 27.8 Å². The van der Waals surface area contributed by atoms with Crippen LogP contribution in [0.4, 0.5) is 0 Å². The van der Waals surface area contributed by atoms with Gasteiger partial charge in [-0.15, -0.1) is 0 Å². The number of nitrogens with zero attached hydrogens (tertiary/aromatic N) is 2. The van der Waals surface area contributed by atoms with Crippen LogP contribution in [0.2, 0.25) is 0 Å². The minimum absolute atomic E-state index is 0.00108. The molecule has 0 atom stereocenters. The Morgan fingerprint density at radius 3 is 2.75 bits per heavy atom. The molecule has 4 heteroatoms. The summed E-state index contributed by atoms with van der Waals surface area (Å²) in [6, 6.07) is 8.87. The molecule has 0 unspecified atom stereocenters. The van der Waals surface area contributed by atoms with Crippen LogP contribution in [0.3, 0.4) is 0 Å². The van der Waals surface area contributed by atoms with Crippen molar-refractivity contribution < 1.29 is 9.90 Å². The first kappa shape index (κ1) is 14.2. The third kappa shape index (κ3) is 3.65. The van der Waals surface area contributed by atoms with E-state index >= 15 is 0 Å². The zero-order valence-electron chi connectivity index (χ0n) is 11.7. The SMILES string of the molecule is CC(=O)c1ccc(O)c(CN(C)Cc2cccnc2)c1. The van der Waals surface area contributed by atoms with Crippen LogP contribution in [0.25, 0.3) is 0 Å². The summed E-state index contributed by atoms with van der Waals surface area (Å²) < 4.78 is 0. The van der Waals surface area contributed by atoms with Crippen molar-refractivity contribution in [1.82, 2.24) is 9.88 Å². The summed E-state index contributed by atoms with van der Waals surface area (Å²) in [5.74, 6) is 0.217. The summed E-state index contributed by atoms with van der Waals surface area (Å²) >= 11 is 0. The summed E-state index contributed by atoms with van der Waals surface area (Å²) in [7, 11) is 1.97. The number of aromatic hydroxyl groups is 1. The second kappa shape index (κ2) is 6.30. The molecule has 1 aromatic carbocycles. The molecule has 0 aliphatic carbocycles. The third-order valence-electron chi connectivity index (χ3n) is 3.10. The Balaban J connectivity index is 2.09. The van der Waals surface area contributed by atoms with E-state index in [-0.39, 0.29) is 11.5 Å². The fourth-order valence-electron chi connectivity index (χ4n) is 2.08. The van der Waals surface area contributed by atoms with E-state index in [1.807, 2.05) is 25.4 Å². The van der Waals surface area contributed by atoms with Crippen LogP contribution < -0.4 is 0 Å². The minimum Gasteiger partial charge on any atom is -0.508 e. The number of ketones is 1. The molecule has 2 rings (SSSR count). The van der Waals surface area contributed by atoms with Crippen LogP contribution in [0, 0.1) is 0 Å². The first-order chi connectivity index (χ1) is 9.56. The molecule has 0 aliphatic rings. The lowest BCUT2D eigenvalue weighted by Gasteiger charge is -2.17. The van der Waals surface area contributed by atoms with E-state index in [4.69, 9.17) is 0 Å². The Morgan fingerprint density at radius 2 is 2.10 bits per heavy atom. The highest BCUT2D eigenvalue weighted by atomic mass is 16.3. The summed E-state index contributed by atoms with van der Waals surface area (Å²) in [4.78, 5) is 17.5. The van der Waals surface area contributed by atoms with Gasteiger partial charge in [0.1, 0.15) is 5.75 Å². The second-order valence-corrected chi connectivity index (χ2v) is 4.93. The standard InChI is InChI=1S/C16H18N2O2/c1-12(19)14-5-6-16(20)15(8-14)11-18(2)10-13-4-3-7-17-9-13/h3-9,20H,10-11H2,1-2H3. The zero-order chi connectivity index (χ0) is 14.5. The van der Waals surface area contributed by atoms with Gasteiger partial charge in [-0.1, -0.05) is 6.07 Å². The highest BCUT2D eigenvalue weighted by Gasteiger charge is 2.09. The molecule has 2 aromatic rings. The first-order valence-corrected chi connectivity index (χ1v) is 6.46. The lowest BCUT2D eigenvalue weighted by Crippen LogP contribution is -2.17. The molecular formula is C16H18N2O2. The molecule has 0 amide bonds. The lowest BCUT2D eigenvalue weighted by molar-refractivity contribution is 0.101. The number of phenols is 1. The van der Waals surface area contributed by atoms with E-state index < -0.39 is 0 Å². The quantitative estimate of drug-likeness (QED) is 0.849. The van der Waals surface area contributed by atoms with E-state index in [1.54, 1.807) is 24.4 Å². The Labute approximate surface area is 118 Å². The molecule has 0 radical (unpaired) electrons. The van der Waals surface area contributed by atoms with Crippen LogP contribution in [-0.2, 0) is 13.1 Å². The summed E-state index contributed by atoms with van der Waals surface area (Å²) in [6.07, 6.45) is 3.56. The van der Waals surface area contributed by atoms with E-state index in [0.29, 0.717) is 12.1 Å².